The number of hydrogen-bond donors (Lipinski definition) is 0. The third kappa shape index (κ3) is 3.36. The SMILES string of the molecule is CCC(=O)N(CC)CC(=O)N1CCn2cccc2[C@H]1c1ccccc1F. The van der Waals surface area contributed by atoms with E-state index in [-0.39, 0.29) is 24.2 Å². The smallest absolute Gasteiger partial charge is 0.243 e. The zero-order valence-electron chi connectivity index (χ0n) is 15.2. The van der Waals surface area contributed by atoms with Gasteiger partial charge in [0, 0.05) is 43.5 Å². The predicted octanol–water partition coefficient (Wildman–Crippen LogP) is 2.82. The van der Waals surface area contributed by atoms with E-state index in [9.17, 15) is 14.0 Å². The molecule has 0 saturated carbocycles. The van der Waals surface area contributed by atoms with Crippen molar-refractivity contribution in [2.75, 3.05) is 19.6 Å². The van der Waals surface area contributed by atoms with Crippen molar-refractivity contribution < 1.29 is 14.0 Å². The molecule has 2 amide bonds. The normalized spacial score (nSPS) is 16.3. The quantitative estimate of drug-likeness (QED) is 0.826. The van der Waals surface area contributed by atoms with Crippen LogP contribution in [0.1, 0.15) is 37.6 Å². The lowest BCUT2D eigenvalue weighted by molar-refractivity contribution is -0.141. The Morgan fingerprint density at radius 3 is 2.62 bits per heavy atom. The Morgan fingerprint density at radius 2 is 1.92 bits per heavy atom. The third-order valence-corrected chi connectivity index (χ3v) is 4.92. The molecule has 3 rings (SSSR count). The first-order chi connectivity index (χ1) is 12.6. The Balaban J connectivity index is 1.94. The molecule has 1 aromatic heterocycles. The van der Waals surface area contributed by atoms with E-state index in [4.69, 9.17) is 0 Å². The van der Waals surface area contributed by atoms with Crippen molar-refractivity contribution in [3.8, 4) is 0 Å². The topological polar surface area (TPSA) is 45.6 Å². The number of hydrogen-bond acceptors (Lipinski definition) is 2. The lowest BCUT2D eigenvalue weighted by Crippen LogP contribution is -2.48. The molecule has 0 radical (unpaired) electrons. The van der Waals surface area contributed by atoms with Gasteiger partial charge in [0.05, 0.1) is 6.54 Å². The molecular formula is C20H24FN3O2. The molecule has 0 aliphatic carbocycles. The van der Waals surface area contributed by atoms with E-state index < -0.39 is 6.04 Å². The number of aromatic nitrogens is 1. The van der Waals surface area contributed by atoms with E-state index in [0.29, 0.717) is 31.6 Å². The van der Waals surface area contributed by atoms with Crippen LogP contribution in [0.25, 0.3) is 0 Å². The molecule has 1 atom stereocenters. The van der Waals surface area contributed by atoms with Gasteiger partial charge < -0.3 is 14.4 Å². The number of nitrogens with zero attached hydrogens (tertiary/aromatic N) is 3. The molecule has 0 fully saturated rings. The predicted molar refractivity (Wildman–Crippen MR) is 96.9 cm³/mol. The second kappa shape index (κ2) is 7.72. The first-order valence-corrected chi connectivity index (χ1v) is 9.03. The number of benzene rings is 1. The molecule has 1 aromatic carbocycles. The minimum Gasteiger partial charge on any atom is -0.348 e. The summed E-state index contributed by atoms with van der Waals surface area (Å²) >= 11 is 0. The first-order valence-electron chi connectivity index (χ1n) is 9.03. The Bertz CT molecular complexity index is 802. The summed E-state index contributed by atoms with van der Waals surface area (Å²) in [6.07, 6.45) is 2.31. The van der Waals surface area contributed by atoms with Gasteiger partial charge in [-0.05, 0) is 25.1 Å². The highest BCUT2D eigenvalue weighted by molar-refractivity contribution is 5.85. The van der Waals surface area contributed by atoms with Crippen molar-refractivity contribution in [2.24, 2.45) is 0 Å². The summed E-state index contributed by atoms with van der Waals surface area (Å²) in [6.45, 7) is 5.29. The second-order valence-electron chi connectivity index (χ2n) is 6.40. The van der Waals surface area contributed by atoms with Crippen molar-refractivity contribution >= 4 is 11.8 Å². The number of rotatable bonds is 5. The number of likely N-dealkylation sites (N-methyl/N-ethyl adjacent to an activating group) is 1. The number of halogens is 1. The van der Waals surface area contributed by atoms with Gasteiger partial charge in [-0.25, -0.2) is 4.39 Å². The molecule has 0 unspecified atom stereocenters. The summed E-state index contributed by atoms with van der Waals surface area (Å²) in [5.41, 5.74) is 1.37. The van der Waals surface area contributed by atoms with E-state index in [1.807, 2.05) is 25.3 Å². The molecule has 2 aromatic rings. The Labute approximate surface area is 153 Å². The zero-order valence-corrected chi connectivity index (χ0v) is 15.2. The van der Waals surface area contributed by atoms with Gasteiger partial charge in [0.2, 0.25) is 11.8 Å². The molecule has 2 heterocycles. The van der Waals surface area contributed by atoms with Gasteiger partial charge in [0.15, 0.2) is 0 Å². The fourth-order valence-electron chi connectivity index (χ4n) is 3.53. The van der Waals surface area contributed by atoms with Crippen molar-refractivity contribution in [2.45, 2.75) is 32.9 Å². The molecule has 1 aliphatic rings. The third-order valence-electron chi connectivity index (χ3n) is 4.92. The summed E-state index contributed by atoms with van der Waals surface area (Å²) < 4.78 is 16.6. The Kier molecular flexibility index (Phi) is 5.40. The molecule has 6 heteroatoms. The van der Waals surface area contributed by atoms with E-state index in [1.54, 1.807) is 34.9 Å². The van der Waals surface area contributed by atoms with Gasteiger partial charge in [-0.3, -0.25) is 9.59 Å². The average Bonchev–Trinajstić information content (AvgIpc) is 3.14. The van der Waals surface area contributed by atoms with E-state index in [2.05, 4.69) is 4.57 Å². The van der Waals surface area contributed by atoms with Crippen LogP contribution in [0.4, 0.5) is 4.39 Å². The highest BCUT2D eigenvalue weighted by atomic mass is 19.1. The summed E-state index contributed by atoms with van der Waals surface area (Å²) in [5, 5.41) is 0. The highest BCUT2D eigenvalue weighted by Gasteiger charge is 2.34. The maximum Gasteiger partial charge on any atom is 0.243 e. The van der Waals surface area contributed by atoms with Crippen LogP contribution in [0.2, 0.25) is 0 Å². The monoisotopic (exact) mass is 357 g/mol. The molecule has 0 spiro atoms. The lowest BCUT2D eigenvalue weighted by Gasteiger charge is -2.38. The van der Waals surface area contributed by atoms with Crippen molar-refractivity contribution in [3.63, 3.8) is 0 Å². The zero-order chi connectivity index (χ0) is 18.7. The standard InChI is InChI=1S/C20H24FN3O2/c1-3-18(25)22(4-2)14-19(26)24-13-12-23-11-7-10-17(23)20(24)15-8-5-6-9-16(15)21/h5-11,20H,3-4,12-14H2,1-2H3/t20-/m1/s1. The molecule has 0 saturated heterocycles. The number of amides is 2. The van der Waals surface area contributed by atoms with Crippen LogP contribution in [0, 0.1) is 5.82 Å². The van der Waals surface area contributed by atoms with Crippen LogP contribution in [0.15, 0.2) is 42.6 Å². The largest absolute Gasteiger partial charge is 0.348 e. The van der Waals surface area contributed by atoms with Gasteiger partial charge in [-0.15, -0.1) is 0 Å². The average molecular weight is 357 g/mol. The van der Waals surface area contributed by atoms with Gasteiger partial charge in [0.25, 0.3) is 0 Å². The van der Waals surface area contributed by atoms with Gasteiger partial charge in [0.1, 0.15) is 11.9 Å². The summed E-state index contributed by atoms with van der Waals surface area (Å²) in [6, 6.07) is 9.91. The molecule has 138 valence electrons. The lowest BCUT2D eigenvalue weighted by atomic mass is 9.99. The first kappa shape index (κ1) is 18.2. The van der Waals surface area contributed by atoms with Crippen LogP contribution in [0.3, 0.4) is 0 Å². The van der Waals surface area contributed by atoms with Gasteiger partial charge in [-0.1, -0.05) is 25.1 Å². The van der Waals surface area contributed by atoms with Crippen molar-refractivity contribution in [1.82, 2.24) is 14.4 Å². The minimum absolute atomic E-state index is 0.0227. The van der Waals surface area contributed by atoms with Crippen LogP contribution in [0.5, 0.6) is 0 Å². The van der Waals surface area contributed by atoms with E-state index >= 15 is 0 Å². The van der Waals surface area contributed by atoms with E-state index in [1.165, 1.54) is 6.07 Å². The van der Waals surface area contributed by atoms with Gasteiger partial charge >= 0.3 is 0 Å². The molecular weight excluding hydrogens is 333 g/mol. The number of carbonyl (C=O) groups is 2. The maximum atomic E-state index is 14.5. The molecule has 0 bridgehead atoms. The second-order valence-corrected chi connectivity index (χ2v) is 6.40. The highest BCUT2D eigenvalue weighted by Crippen LogP contribution is 2.33. The maximum absolute atomic E-state index is 14.5. The summed E-state index contributed by atoms with van der Waals surface area (Å²) in [4.78, 5) is 28.3. The number of carbonyl (C=O) groups excluding carboxylic acids is 2. The molecule has 0 N–H and O–H groups in total. The van der Waals surface area contributed by atoms with Crippen LogP contribution in [-0.4, -0.2) is 45.8 Å². The van der Waals surface area contributed by atoms with Crippen LogP contribution in [-0.2, 0) is 16.1 Å². The number of fused-ring (bicyclic) bond motifs is 1. The van der Waals surface area contributed by atoms with Gasteiger partial charge in [-0.2, -0.15) is 0 Å². The summed E-state index contributed by atoms with van der Waals surface area (Å²) in [7, 11) is 0. The van der Waals surface area contributed by atoms with Crippen LogP contribution >= 0.6 is 0 Å². The fraction of sp³-hybridized carbons (Fsp3) is 0.400. The minimum atomic E-state index is -0.483. The molecule has 1 aliphatic heterocycles. The Morgan fingerprint density at radius 1 is 1.15 bits per heavy atom. The van der Waals surface area contributed by atoms with E-state index in [0.717, 1.165) is 5.69 Å². The molecule has 26 heavy (non-hydrogen) atoms. The molecule has 5 nitrogen and oxygen atoms in total. The van der Waals surface area contributed by atoms with Crippen molar-refractivity contribution in [1.29, 1.82) is 0 Å². The fourth-order valence-corrected chi connectivity index (χ4v) is 3.53. The Hall–Kier alpha value is -2.63. The van der Waals surface area contributed by atoms with Crippen LogP contribution < -0.4 is 0 Å². The summed E-state index contributed by atoms with van der Waals surface area (Å²) in [5.74, 6) is -0.542. The van der Waals surface area contributed by atoms with Crippen molar-refractivity contribution in [3.05, 3.63) is 59.7 Å².